The minimum Gasteiger partial charge on any atom is -0.489 e. The molecule has 0 saturated carbocycles. The first-order chi connectivity index (χ1) is 10.6. The fourth-order valence-electron chi connectivity index (χ4n) is 1.92. The molecule has 2 aromatic carbocycles. The fourth-order valence-corrected chi connectivity index (χ4v) is 1.92. The van der Waals surface area contributed by atoms with Gasteiger partial charge in [0.25, 0.3) is 0 Å². The van der Waals surface area contributed by atoms with Crippen molar-refractivity contribution < 1.29 is 19.4 Å². The van der Waals surface area contributed by atoms with E-state index in [1.807, 2.05) is 30.3 Å². The maximum atomic E-state index is 11.6. The van der Waals surface area contributed by atoms with E-state index in [0.29, 0.717) is 17.9 Å². The van der Waals surface area contributed by atoms with Crippen LogP contribution >= 0.6 is 0 Å². The number of benzene rings is 2. The van der Waals surface area contributed by atoms with Crippen molar-refractivity contribution in [1.82, 2.24) is 0 Å². The van der Waals surface area contributed by atoms with Gasteiger partial charge in [0, 0.05) is 0 Å². The molecule has 4 heteroatoms. The second kappa shape index (κ2) is 7.61. The van der Waals surface area contributed by atoms with Crippen molar-refractivity contribution >= 4 is 5.97 Å². The average molecular weight is 300 g/mol. The first-order valence-electron chi connectivity index (χ1n) is 7.21. The van der Waals surface area contributed by atoms with Gasteiger partial charge in [-0.15, -0.1) is 0 Å². The van der Waals surface area contributed by atoms with Crippen molar-refractivity contribution in [2.75, 3.05) is 0 Å². The van der Waals surface area contributed by atoms with Crippen LogP contribution < -0.4 is 4.74 Å². The van der Waals surface area contributed by atoms with E-state index in [-0.39, 0.29) is 6.10 Å². The van der Waals surface area contributed by atoms with Gasteiger partial charge in [0.15, 0.2) is 6.10 Å². The van der Waals surface area contributed by atoms with Gasteiger partial charge in [-0.3, -0.25) is 0 Å². The van der Waals surface area contributed by atoms with Gasteiger partial charge >= 0.3 is 5.97 Å². The van der Waals surface area contributed by atoms with E-state index in [1.54, 1.807) is 38.1 Å². The molecule has 0 saturated heterocycles. The number of rotatable bonds is 6. The number of aliphatic hydroxyl groups excluding tert-OH is 1. The molecule has 1 atom stereocenters. The van der Waals surface area contributed by atoms with Crippen molar-refractivity contribution in [2.45, 2.75) is 32.7 Å². The summed E-state index contributed by atoms with van der Waals surface area (Å²) >= 11 is 0. The lowest BCUT2D eigenvalue weighted by molar-refractivity contribution is -0.157. The molecule has 0 radical (unpaired) electrons. The van der Waals surface area contributed by atoms with E-state index in [4.69, 9.17) is 9.47 Å². The lowest BCUT2D eigenvalue weighted by atomic mass is 10.1. The van der Waals surface area contributed by atoms with Crippen LogP contribution in [0.1, 0.15) is 31.1 Å². The predicted molar refractivity (Wildman–Crippen MR) is 83.4 cm³/mol. The van der Waals surface area contributed by atoms with E-state index < -0.39 is 12.1 Å². The maximum Gasteiger partial charge on any atom is 0.339 e. The highest BCUT2D eigenvalue weighted by atomic mass is 16.6. The molecule has 22 heavy (non-hydrogen) atoms. The number of carbonyl (C=O) groups is 1. The van der Waals surface area contributed by atoms with Gasteiger partial charge in [-0.25, -0.2) is 4.79 Å². The van der Waals surface area contributed by atoms with Crippen LogP contribution in [0.4, 0.5) is 0 Å². The zero-order valence-corrected chi connectivity index (χ0v) is 12.7. The number of hydrogen-bond acceptors (Lipinski definition) is 4. The Morgan fingerprint density at radius 3 is 2.27 bits per heavy atom. The Balaban J connectivity index is 1.94. The van der Waals surface area contributed by atoms with E-state index in [9.17, 15) is 9.90 Å². The molecule has 0 heterocycles. The zero-order chi connectivity index (χ0) is 15.9. The summed E-state index contributed by atoms with van der Waals surface area (Å²) in [7, 11) is 0. The zero-order valence-electron chi connectivity index (χ0n) is 12.7. The summed E-state index contributed by atoms with van der Waals surface area (Å²) in [6.07, 6.45) is -1.53. The molecule has 0 unspecified atom stereocenters. The molecule has 0 amide bonds. The second-order valence-electron chi connectivity index (χ2n) is 5.23. The maximum absolute atomic E-state index is 11.6. The van der Waals surface area contributed by atoms with Crippen molar-refractivity contribution in [3.63, 3.8) is 0 Å². The molecule has 4 nitrogen and oxygen atoms in total. The third kappa shape index (κ3) is 4.60. The highest BCUT2D eigenvalue weighted by Gasteiger charge is 2.19. The van der Waals surface area contributed by atoms with Crippen LogP contribution in [0.2, 0.25) is 0 Å². The normalized spacial score (nSPS) is 12.0. The molecule has 0 spiro atoms. The highest BCUT2D eigenvalue weighted by Crippen LogP contribution is 2.20. The molecule has 0 aliphatic rings. The predicted octanol–water partition coefficient (Wildman–Crippen LogP) is 3.25. The molecule has 0 aromatic heterocycles. The Bertz CT molecular complexity index is 590. The second-order valence-corrected chi connectivity index (χ2v) is 5.23. The van der Waals surface area contributed by atoms with Crippen LogP contribution in [-0.2, 0) is 16.1 Å². The Hall–Kier alpha value is -2.33. The Kier molecular flexibility index (Phi) is 5.55. The molecule has 1 N–H and O–H groups in total. The molecule has 0 aliphatic carbocycles. The summed E-state index contributed by atoms with van der Waals surface area (Å²) in [4.78, 5) is 11.6. The Morgan fingerprint density at radius 2 is 1.68 bits per heavy atom. The summed E-state index contributed by atoms with van der Waals surface area (Å²) in [6.45, 7) is 3.95. The number of carbonyl (C=O) groups excluding carboxylic acids is 1. The van der Waals surface area contributed by atoms with Gasteiger partial charge in [0.2, 0.25) is 0 Å². The highest BCUT2D eigenvalue weighted by molar-refractivity contribution is 5.76. The average Bonchev–Trinajstić information content (AvgIpc) is 2.53. The monoisotopic (exact) mass is 300 g/mol. The number of hydrogen-bond donors (Lipinski definition) is 1. The third-order valence-electron chi connectivity index (χ3n) is 3.02. The van der Waals surface area contributed by atoms with Gasteiger partial charge in [-0.2, -0.15) is 0 Å². The lowest BCUT2D eigenvalue weighted by Crippen LogP contribution is -2.19. The van der Waals surface area contributed by atoms with Crippen LogP contribution in [0, 0.1) is 0 Å². The SMILES string of the molecule is CC(C)OC(=O)[C@@H](O)c1ccc(OCc2ccccc2)cc1. The summed E-state index contributed by atoms with van der Waals surface area (Å²) in [5.74, 6) is 0.0324. The first-order valence-corrected chi connectivity index (χ1v) is 7.21. The van der Waals surface area contributed by atoms with E-state index >= 15 is 0 Å². The minimum absolute atomic E-state index is 0.254. The summed E-state index contributed by atoms with van der Waals surface area (Å²) in [5, 5.41) is 9.92. The first kappa shape index (κ1) is 16.0. The van der Waals surface area contributed by atoms with E-state index in [1.165, 1.54) is 0 Å². The number of ether oxygens (including phenoxy) is 2. The van der Waals surface area contributed by atoms with Gasteiger partial charge in [-0.1, -0.05) is 42.5 Å². The molecule has 0 aliphatic heterocycles. The summed E-state index contributed by atoms with van der Waals surface area (Å²) in [6, 6.07) is 16.6. The number of esters is 1. The van der Waals surface area contributed by atoms with Gasteiger partial charge in [0.1, 0.15) is 12.4 Å². The van der Waals surface area contributed by atoms with Crippen molar-refractivity contribution in [3.05, 3.63) is 65.7 Å². The van der Waals surface area contributed by atoms with Crippen LogP contribution in [-0.4, -0.2) is 17.2 Å². The van der Waals surface area contributed by atoms with E-state index in [2.05, 4.69) is 0 Å². The van der Waals surface area contributed by atoms with Crippen molar-refractivity contribution in [3.8, 4) is 5.75 Å². The molecular weight excluding hydrogens is 280 g/mol. The van der Waals surface area contributed by atoms with E-state index in [0.717, 1.165) is 5.56 Å². The summed E-state index contributed by atoms with van der Waals surface area (Å²) < 4.78 is 10.6. The van der Waals surface area contributed by atoms with Crippen molar-refractivity contribution in [2.24, 2.45) is 0 Å². The van der Waals surface area contributed by atoms with Gasteiger partial charge < -0.3 is 14.6 Å². The van der Waals surface area contributed by atoms with Crippen LogP contribution in [0.5, 0.6) is 5.75 Å². The molecule has 2 aromatic rings. The Labute approximate surface area is 130 Å². The minimum atomic E-state index is -1.27. The largest absolute Gasteiger partial charge is 0.489 e. The molecular formula is C18H20O4. The topological polar surface area (TPSA) is 55.8 Å². The molecule has 0 bridgehead atoms. The summed E-state index contributed by atoms with van der Waals surface area (Å²) in [5.41, 5.74) is 1.56. The quantitative estimate of drug-likeness (QED) is 0.832. The van der Waals surface area contributed by atoms with Gasteiger partial charge in [0.05, 0.1) is 6.10 Å². The molecule has 0 fully saturated rings. The lowest BCUT2D eigenvalue weighted by Gasteiger charge is -2.14. The van der Waals surface area contributed by atoms with Gasteiger partial charge in [-0.05, 0) is 37.1 Å². The standard InChI is InChI=1S/C18H20O4/c1-13(2)22-18(20)17(19)15-8-10-16(11-9-15)21-12-14-6-4-3-5-7-14/h3-11,13,17,19H,12H2,1-2H3/t17-/m0/s1. The van der Waals surface area contributed by atoms with Crippen LogP contribution in [0.15, 0.2) is 54.6 Å². The Morgan fingerprint density at radius 1 is 1.05 bits per heavy atom. The molecule has 2 rings (SSSR count). The number of aliphatic hydroxyl groups is 1. The fraction of sp³-hybridized carbons (Fsp3) is 0.278. The molecule has 116 valence electrons. The smallest absolute Gasteiger partial charge is 0.339 e. The van der Waals surface area contributed by atoms with Crippen LogP contribution in [0.25, 0.3) is 0 Å². The van der Waals surface area contributed by atoms with Crippen molar-refractivity contribution in [1.29, 1.82) is 0 Å². The van der Waals surface area contributed by atoms with Crippen LogP contribution in [0.3, 0.4) is 0 Å². The third-order valence-corrected chi connectivity index (χ3v) is 3.02.